The van der Waals surface area contributed by atoms with Crippen LogP contribution in [0.25, 0.3) is 38.6 Å². The number of aryl methyl sites for hydroxylation is 1. The van der Waals surface area contributed by atoms with Crippen molar-refractivity contribution in [3.05, 3.63) is 41.0 Å². The van der Waals surface area contributed by atoms with E-state index in [1.807, 2.05) is 24.3 Å². The van der Waals surface area contributed by atoms with E-state index in [0.717, 1.165) is 63.1 Å². The number of hydrogen-bond acceptors (Lipinski definition) is 7. The number of aromatic nitrogens is 6. The second kappa shape index (κ2) is 6.27. The lowest BCUT2D eigenvalue weighted by Crippen LogP contribution is -2.08. The predicted octanol–water partition coefficient (Wildman–Crippen LogP) is 4.25. The lowest BCUT2D eigenvalue weighted by Gasteiger charge is -2.17. The predicted molar refractivity (Wildman–Crippen MR) is 116 cm³/mol. The average molecular weight is 430 g/mol. The van der Waals surface area contributed by atoms with Crippen LogP contribution in [0.2, 0.25) is 0 Å². The highest BCUT2D eigenvalue weighted by atomic mass is 32.1. The standard InChI is InChI=1S/C22H18N6O2S/c1-11-2-4-13-18(6-11)31-22-19(13)21-24-20(27-28(21)9-23-22)15-8-14(25-26-15)12-3-5-16-17(7-12)30-10-29-16/h3,5,7-9,11H,2,4,6,10H2,1H3,(H,25,26). The van der Waals surface area contributed by atoms with Gasteiger partial charge in [0, 0.05) is 10.4 Å². The van der Waals surface area contributed by atoms with Crippen molar-refractivity contribution in [2.24, 2.45) is 5.92 Å². The van der Waals surface area contributed by atoms with Gasteiger partial charge in [-0.15, -0.1) is 16.4 Å². The molecule has 1 N–H and O–H groups in total. The van der Waals surface area contributed by atoms with E-state index in [4.69, 9.17) is 14.5 Å². The Hall–Kier alpha value is -3.46. The van der Waals surface area contributed by atoms with Gasteiger partial charge in [0.25, 0.3) is 0 Å². The molecule has 1 aliphatic heterocycles. The maximum absolute atomic E-state index is 5.48. The Bertz CT molecular complexity index is 1480. The Morgan fingerprint density at radius 1 is 1.19 bits per heavy atom. The molecule has 0 fully saturated rings. The van der Waals surface area contributed by atoms with E-state index in [2.05, 4.69) is 27.2 Å². The van der Waals surface area contributed by atoms with Crippen molar-refractivity contribution in [1.82, 2.24) is 29.8 Å². The van der Waals surface area contributed by atoms with Gasteiger partial charge in [-0.05, 0) is 55.0 Å². The summed E-state index contributed by atoms with van der Waals surface area (Å²) in [5, 5.41) is 13.4. The van der Waals surface area contributed by atoms with Crippen molar-refractivity contribution in [2.75, 3.05) is 6.79 Å². The summed E-state index contributed by atoms with van der Waals surface area (Å²) in [6.45, 7) is 2.57. The number of fused-ring (bicyclic) bond motifs is 6. The van der Waals surface area contributed by atoms with Gasteiger partial charge in [-0.25, -0.2) is 14.5 Å². The Balaban J connectivity index is 1.32. The fraction of sp³-hybridized carbons (Fsp3) is 0.273. The van der Waals surface area contributed by atoms with Crippen LogP contribution in [0.15, 0.2) is 30.6 Å². The summed E-state index contributed by atoms with van der Waals surface area (Å²) in [5.74, 6) is 2.83. The molecule has 5 heterocycles. The Morgan fingerprint density at radius 3 is 3.10 bits per heavy atom. The molecule has 0 amide bonds. The largest absolute Gasteiger partial charge is 0.454 e. The minimum absolute atomic E-state index is 0.253. The number of H-pyrrole nitrogens is 1. The molecule has 154 valence electrons. The molecule has 5 aromatic rings. The van der Waals surface area contributed by atoms with E-state index >= 15 is 0 Å². The smallest absolute Gasteiger partial charge is 0.231 e. The van der Waals surface area contributed by atoms with E-state index in [-0.39, 0.29) is 6.79 Å². The Labute approximate surface area is 180 Å². The van der Waals surface area contributed by atoms with Gasteiger partial charge in [0.1, 0.15) is 16.9 Å². The topological polar surface area (TPSA) is 90.2 Å². The van der Waals surface area contributed by atoms with Crippen LogP contribution in [0.1, 0.15) is 23.8 Å². The number of benzene rings is 1. The zero-order valence-corrected chi connectivity index (χ0v) is 17.6. The van der Waals surface area contributed by atoms with Crippen molar-refractivity contribution < 1.29 is 9.47 Å². The van der Waals surface area contributed by atoms with E-state index in [1.54, 1.807) is 22.2 Å². The first-order valence-corrected chi connectivity index (χ1v) is 11.2. The van der Waals surface area contributed by atoms with Gasteiger partial charge in [0.15, 0.2) is 23.0 Å². The van der Waals surface area contributed by atoms with Gasteiger partial charge in [0.2, 0.25) is 6.79 Å². The number of hydrogen-bond donors (Lipinski definition) is 1. The van der Waals surface area contributed by atoms with Crippen LogP contribution in [0.3, 0.4) is 0 Å². The van der Waals surface area contributed by atoms with Crippen LogP contribution in [-0.4, -0.2) is 36.6 Å². The monoisotopic (exact) mass is 430 g/mol. The van der Waals surface area contributed by atoms with Gasteiger partial charge >= 0.3 is 0 Å². The molecule has 0 radical (unpaired) electrons. The SMILES string of the molecule is CC1CCc2c(sc3ncn4nc(-c5cc(-c6ccc7c(c6)OCO7)n[nH]5)nc4c23)C1. The highest BCUT2D eigenvalue weighted by Gasteiger charge is 2.24. The minimum Gasteiger partial charge on any atom is -0.454 e. The van der Waals surface area contributed by atoms with Crippen molar-refractivity contribution in [1.29, 1.82) is 0 Å². The van der Waals surface area contributed by atoms with Crippen molar-refractivity contribution in [3.8, 4) is 34.3 Å². The van der Waals surface area contributed by atoms with Crippen LogP contribution in [0, 0.1) is 5.92 Å². The van der Waals surface area contributed by atoms with Crippen LogP contribution in [0.5, 0.6) is 11.5 Å². The first-order valence-electron chi connectivity index (χ1n) is 10.3. The summed E-state index contributed by atoms with van der Waals surface area (Å²) in [4.78, 5) is 12.0. The lowest BCUT2D eigenvalue weighted by molar-refractivity contribution is 0.174. The molecular formula is C22H18N6O2S. The third kappa shape index (κ3) is 2.59. The normalized spacial score (nSPS) is 17.5. The summed E-state index contributed by atoms with van der Waals surface area (Å²) in [6, 6.07) is 7.77. The molecule has 31 heavy (non-hydrogen) atoms. The van der Waals surface area contributed by atoms with Crippen LogP contribution in [-0.2, 0) is 12.8 Å². The molecular weight excluding hydrogens is 412 g/mol. The van der Waals surface area contributed by atoms with Gasteiger partial charge in [-0.3, -0.25) is 5.10 Å². The Kier molecular flexibility index (Phi) is 3.49. The number of nitrogens with one attached hydrogen (secondary N) is 1. The summed E-state index contributed by atoms with van der Waals surface area (Å²) in [6.07, 6.45) is 5.18. The third-order valence-electron chi connectivity index (χ3n) is 6.12. The second-order valence-corrected chi connectivity index (χ2v) is 9.30. The zero-order valence-electron chi connectivity index (χ0n) is 16.8. The average Bonchev–Trinajstić information content (AvgIpc) is 3.55. The maximum Gasteiger partial charge on any atom is 0.231 e. The quantitative estimate of drug-likeness (QED) is 0.450. The maximum atomic E-state index is 5.48. The molecule has 1 unspecified atom stereocenters. The van der Waals surface area contributed by atoms with Crippen LogP contribution in [0.4, 0.5) is 0 Å². The highest BCUT2D eigenvalue weighted by Crippen LogP contribution is 2.39. The number of ether oxygens (including phenoxy) is 2. The zero-order chi connectivity index (χ0) is 20.5. The van der Waals surface area contributed by atoms with E-state index < -0.39 is 0 Å². The molecule has 9 heteroatoms. The number of nitrogens with zero attached hydrogens (tertiary/aromatic N) is 5. The van der Waals surface area contributed by atoms with Crippen molar-refractivity contribution >= 4 is 27.2 Å². The number of thiophene rings is 1. The molecule has 0 spiro atoms. The summed E-state index contributed by atoms with van der Waals surface area (Å²) >= 11 is 1.80. The molecule has 1 aromatic carbocycles. The molecule has 0 saturated carbocycles. The minimum atomic E-state index is 0.253. The molecule has 4 aromatic heterocycles. The molecule has 1 atom stereocenters. The Morgan fingerprint density at radius 2 is 2.13 bits per heavy atom. The third-order valence-corrected chi connectivity index (χ3v) is 7.28. The molecule has 0 saturated heterocycles. The molecule has 7 rings (SSSR count). The van der Waals surface area contributed by atoms with E-state index in [9.17, 15) is 0 Å². The van der Waals surface area contributed by atoms with Crippen molar-refractivity contribution in [3.63, 3.8) is 0 Å². The van der Waals surface area contributed by atoms with E-state index in [0.29, 0.717) is 5.82 Å². The second-order valence-electron chi connectivity index (χ2n) is 8.21. The summed E-state index contributed by atoms with van der Waals surface area (Å²) < 4.78 is 12.7. The van der Waals surface area contributed by atoms with Crippen LogP contribution < -0.4 is 9.47 Å². The number of rotatable bonds is 2. The van der Waals surface area contributed by atoms with Gasteiger partial charge in [-0.2, -0.15) is 5.10 Å². The van der Waals surface area contributed by atoms with E-state index in [1.165, 1.54) is 16.9 Å². The van der Waals surface area contributed by atoms with Gasteiger partial charge in [-0.1, -0.05) is 6.92 Å². The molecule has 1 aliphatic carbocycles. The summed E-state index contributed by atoms with van der Waals surface area (Å²) in [5.41, 5.74) is 4.78. The van der Waals surface area contributed by atoms with Gasteiger partial charge in [0.05, 0.1) is 11.1 Å². The summed E-state index contributed by atoms with van der Waals surface area (Å²) in [7, 11) is 0. The van der Waals surface area contributed by atoms with Gasteiger partial charge < -0.3 is 9.47 Å². The fourth-order valence-corrected chi connectivity index (χ4v) is 5.84. The number of aromatic amines is 1. The fourth-order valence-electron chi connectivity index (χ4n) is 4.49. The lowest BCUT2D eigenvalue weighted by atomic mass is 9.89. The first-order chi connectivity index (χ1) is 15.2. The molecule has 2 aliphatic rings. The molecule has 0 bridgehead atoms. The molecule has 8 nitrogen and oxygen atoms in total. The van der Waals surface area contributed by atoms with Crippen LogP contribution >= 0.6 is 11.3 Å². The van der Waals surface area contributed by atoms with Crippen molar-refractivity contribution in [2.45, 2.75) is 26.2 Å². The first kappa shape index (κ1) is 17.2. The highest BCUT2D eigenvalue weighted by molar-refractivity contribution is 7.19.